The lowest BCUT2D eigenvalue weighted by Crippen LogP contribution is -2.15. The molecule has 0 saturated heterocycles. The third kappa shape index (κ3) is 2.13. The highest BCUT2D eigenvalue weighted by Crippen LogP contribution is 2.18. The molecule has 0 fully saturated rings. The minimum atomic E-state index is -0.445. The van der Waals surface area contributed by atoms with E-state index in [4.69, 9.17) is 10.8 Å². The Labute approximate surface area is 94.1 Å². The summed E-state index contributed by atoms with van der Waals surface area (Å²) in [6.45, 7) is 1.94. The first-order valence-corrected chi connectivity index (χ1v) is 5.19. The number of benzene rings is 1. The van der Waals surface area contributed by atoms with E-state index >= 15 is 0 Å². The van der Waals surface area contributed by atoms with Gasteiger partial charge < -0.3 is 15.8 Å². The van der Waals surface area contributed by atoms with Gasteiger partial charge in [-0.2, -0.15) is 0 Å². The number of hydrogen-bond donors (Lipinski definition) is 3. The number of rotatable bonds is 3. The van der Waals surface area contributed by atoms with Crippen LogP contribution in [-0.4, -0.2) is 21.7 Å². The number of hydrogen-bond acceptors (Lipinski definition) is 3. The average Bonchev–Trinajstić information content (AvgIpc) is 2.78. The standard InChI is InChI=1S/C12H15N3O/c1-8-2-4-9(5-3-8)11-6-14-12(15-11)10(13)7-16/h2-6,10,16H,7,13H2,1H3,(H,14,15). The predicted molar refractivity (Wildman–Crippen MR) is 62.8 cm³/mol. The van der Waals surface area contributed by atoms with Crippen LogP contribution in [0.15, 0.2) is 30.5 Å². The van der Waals surface area contributed by atoms with Crippen molar-refractivity contribution < 1.29 is 5.11 Å². The van der Waals surface area contributed by atoms with E-state index in [1.165, 1.54) is 5.56 Å². The molecule has 84 valence electrons. The fourth-order valence-electron chi connectivity index (χ4n) is 1.49. The molecule has 1 aromatic carbocycles. The molecular formula is C12H15N3O. The number of aryl methyl sites for hydroxylation is 1. The van der Waals surface area contributed by atoms with E-state index in [1.54, 1.807) is 6.20 Å². The highest BCUT2D eigenvalue weighted by Gasteiger charge is 2.09. The fourth-order valence-corrected chi connectivity index (χ4v) is 1.49. The van der Waals surface area contributed by atoms with E-state index in [9.17, 15) is 0 Å². The van der Waals surface area contributed by atoms with Crippen LogP contribution in [0, 0.1) is 6.92 Å². The lowest BCUT2D eigenvalue weighted by molar-refractivity contribution is 0.264. The number of nitrogens with two attached hydrogens (primary N) is 1. The summed E-state index contributed by atoms with van der Waals surface area (Å²) in [4.78, 5) is 7.25. The molecular weight excluding hydrogens is 202 g/mol. The average molecular weight is 217 g/mol. The Morgan fingerprint density at radius 2 is 2.06 bits per heavy atom. The first kappa shape index (κ1) is 10.9. The van der Waals surface area contributed by atoms with E-state index in [2.05, 4.69) is 9.97 Å². The summed E-state index contributed by atoms with van der Waals surface area (Å²) in [6, 6.07) is 7.69. The van der Waals surface area contributed by atoms with Crippen LogP contribution < -0.4 is 5.73 Å². The van der Waals surface area contributed by atoms with Gasteiger partial charge in [0.25, 0.3) is 0 Å². The molecule has 0 aliphatic heterocycles. The Morgan fingerprint density at radius 3 is 2.69 bits per heavy atom. The first-order chi connectivity index (χ1) is 7.70. The molecule has 16 heavy (non-hydrogen) atoms. The van der Waals surface area contributed by atoms with Crippen molar-refractivity contribution in [1.82, 2.24) is 9.97 Å². The molecule has 0 aliphatic carbocycles. The molecule has 0 bridgehead atoms. The summed E-state index contributed by atoms with van der Waals surface area (Å²) >= 11 is 0. The number of imidazole rings is 1. The molecule has 2 aromatic rings. The second kappa shape index (κ2) is 4.47. The van der Waals surface area contributed by atoms with Crippen molar-refractivity contribution in [2.75, 3.05) is 6.61 Å². The summed E-state index contributed by atoms with van der Waals surface area (Å²) in [5, 5.41) is 8.92. The monoisotopic (exact) mass is 217 g/mol. The van der Waals surface area contributed by atoms with Crippen LogP contribution in [-0.2, 0) is 0 Å². The normalized spacial score (nSPS) is 12.7. The number of aromatic amines is 1. The van der Waals surface area contributed by atoms with Crippen LogP contribution in [0.5, 0.6) is 0 Å². The topological polar surface area (TPSA) is 74.9 Å². The quantitative estimate of drug-likeness (QED) is 0.727. The molecule has 4 N–H and O–H groups in total. The zero-order chi connectivity index (χ0) is 11.5. The SMILES string of the molecule is Cc1ccc(-c2cnc(C(N)CO)[nH]2)cc1. The van der Waals surface area contributed by atoms with Gasteiger partial charge in [-0.3, -0.25) is 0 Å². The molecule has 1 atom stereocenters. The molecule has 1 aromatic heterocycles. The van der Waals surface area contributed by atoms with Gasteiger partial charge in [-0.15, -0.1) is 0 Å². The third-order valence-electron chi connectivity index (χ3n) is 2.51. The lowest BCUT2D eigenvalue weighted by Gasteiger charge is -2.03. The van der Waals surface area contributed by atoms with E-state index in [0.717, 1.165) is 11.3 Å². The highest BCUT2D eigenvalue weighted by atomic mass is 16.3. The van der Waals surface area contributed by atoms with Crippen LogP contribution in [0.2, 0.25) is 0 Å². The Bertz CT molecular complexity index is 461. The van der Waals surface area contributed by atoms with Crippen LogP contribution in [0.1, 0.15) is 17.4 Å². The molecule has 1 heterocycles. The van der Waals surface area contributed by atoms with Crippen LogP contribution in [0.3, 0.4) is 0 Å². The molecule has 4 nitrogen and oxygen atoms in total. The van der Waals surface area contributed by atoms with Gasteiger partial charge in [0, 0.05) is 0 Å². The predicted octanol–water partition coefficient (Wildman–Crippen LogP) is 1.38. The van der Waals surface area contributed by atoms with Gasteiger partial charge >= 0.3 is 0 Å². The van der Waals surface area contributed by atoms with Gasteiger partial charge in [0.2, 0.25) is 0 Å². The molecule has 0 saturated carbocycles. The Balaban J connectivity index is 2.28. The van der Waals surface area contributed by atoms with Crippen molar-refractivity contribution in [2.45, 2.75) is 13.0 Å². The van der Waals surface area contributed by atoms with Crippen LogP contribution in [0.25, 0.3) is 11.3 Å². The molecule has 2 rings (SSSR count). The zero-order valence-corrected chi connectivity index (χ0v) is 9.14. The number of nitrogens with one attached hydrogen (secondary N) is 1. The minimum absolute atomic E-state index is 0.110. The summed E-state index contributed by atoms with van der Waals surface area (Å²) in [7, 11) is 0. The van der Waals surface area contributed by atoms with Gasteiger partial charge in [0.15, 0.2) is 0 Å². The molecule has 0 amide bonds. The molecule has 4 heteroatoms. The van der Waals surface area contributed by atoms with Crippen LogP contribution >= 0.6 is 0 Å². The van der Waals surface area contributed by atoms with Crippen molar-refractivity contribution in [1.29, 1.82) is 0 Å². The number of aliphatic hydroxyl groups is 1. The maximum atomic E-state index is 8.92. The summed E-state index contributed by atoms with van der Waals surface area (Å²) < 4.78 is 0. The Kier molecular flexibility index (Phi) is 3.03. The number of H-pyrrole nitrogens is 1. The van der Waals surface area contributed by atoms with Crippen molar-refractivity contribution in [3.63, 3.8) is 0 Å². The Hall–Kier alpha value is -1.65. The number of nitrogens with zero attached hydrogens (tertiary/aromatic N) is 1. The van der Waals surface area contributed by atoms with Crippen molar-refractivity contribution >= 4 is 0 Å². The van der Waals surface area contributed by atoms with E-state index in [1.807, 2.05) is 31.2 Å². The van der Waals surface area contributed by atoms with Gasteiger partial charge in [0.05, 0.1) is 24.5 Å². The largest absolute Gasteiger partial charge is 0.394 e. The second-order valence-corrected chi connectivity index (χ2v) is 3.84. The molecule has 1 unspecified atom stereocenters. The van der Waals surface area contributed by atoms with Gasteiger partial charge in [-0.1, -0.05) is 29.8 Å². The van der Waals surface area contributed by atoms with Crippen molar-refractivity contribution in [3.8, 4) is 11.3 Å². The fraction of sp³-hybridized carbons (Fsp3) is 0.250. The summed E-state index contributed by atoms with van der Waals surface area (Å²) in [5.74, 6) is 0.609. The number of aliphatic hydroxyl groups excluding tert-OH is 1. The van der Waals surface area contributed by atoms with Crippen molar-refractivity contribution in [3.05, 3.63) is 41.9 Å². The first-order valence-electron chi connectivity index (χ1n) is 5.19. The highest BCUT2D eigenvalue weighted by molar-refractivity contribution is 5.58. The number of aromatic nitrogens is 2. The zero-order valence-electron chi connectivity index (χ0n) is 9.14. The maximum Gasteiger partial charge on any atom is 0.125 e. The summed E-state index contributed by atoms with van der Waals surface area (Å²) in [6.07, 6.45) is 1.73. The molecule has 0 aliphatic rings. The molecule has 0 spiro atoms. The Morgan fingerprint density at radius 1 is 1.38 bits per heavy atom. The maximum absolute atomic E-state index is 8.92. The van der Waals surface area contributed by atoms with Gasteiger partial charge in [-0.05, 0) is 12.5 Å². The van der Waals surface area contributed by atoms with Crippen LogP contribution in [0.4, 0.5) is 0 Å². The van der Waals surface area contributed by atoms with Crippen molar-refractivity contribution in [2.24, 2.45) is 5.73 Å². The van der Waals surface area contributed by atoms with Gasteiger partial charge in [-0.25, -0.2) is 4.98 Å². The smallest absolute Gasteiger partial charge is 0.125 e. The third-order valence-corrected chi connectivity index (χ3v) is 2.51. The minimum Gasteiger partial charge on any atom is -0.394 e. The summed E-state index contributed by atoms with van der Waals surface area (Å²) in [5.41, 5.74) is 8.86. The van der Waals surface area contributed by atoms with E-state index < -0.39 is 6.04 Å². The van der Waals surface area contributed by atoms with E-state index in [-0.39, 0.29) is 6.61 Å². The van der Waals surface area contributed by atoms with Gasteiger partial charge in [0.1, 0.15) is 5.82 Å². The molecule has 0 radical (unpaired) electrons. The second-order valence-electron chi connectivity index (χ2n) is 3.84. The van der Waals surface area contributed by atoms with E-state index in [0.29, 0.717) is 5.82 Å². The lowest BCUT2D eigenvalue weighted by atomic mass is 10.1.